The van der Waals surface area contributed by atoms with E-state index in [9.17, 15) is 5.11 Å². The molecule has 0 saturated heterocycles. The van der Waals surface area contributed by atoms with E-state index in [1.54, 1.807) is 0 Å². The zero-order chi connectivity index (χ0) is 13.8. The molecule has 1 saturated carbocycles. The SMILES string of the molecule is CC(C)Cc1nc(CN(C)C2CCCCC2O)no1. The number of aliphatic hydroxyl groups excluding tert-OH is 1. The van der Waals surface area contributed by atoms with Crippen molar-refractivity contribution < 1.29 is 9.63 Å². The highest BCUT2D eigenvalue weighted by Gasteiger charge is 2.27. The molecule has 1 fully saturated rings. The van der Waals surface area contributed by atoms with E-state index >= 15 is 0 Å². The lowest BCUT2D eigenvalue weighted by molar-refractivity contribution is 0.0275. The Hall–Kier alpha value is -0.940. The Morgan fingerprint density at radius 3 is 2.79 bits per heavy atom. The fraction of sp³-hybridized carbons (Fsp3) is 0.857. The summed E-state index contributed by atoms with van der Waals surface area (Å²) in [5, 5.41) is 14.1. The van der Waals surface area contributed by atoms with Gasteiger partial charge in [-0.05, 0) is 25.8 Å². The third kappa shape index (κ3) is 4.01. The van der Waals surface area contributed by atoms with Gasteiger partial charge in [-0.1, -0.05) is 31.8 Å². The van der Waals surface area contributed by atoms with Crippen LogP contribution in [0.4, 0.5) is 0 Å². The Morgan fingerprint density at radius 1 is 1.37 bits per heavy atom. The summed E-state index contributed by atoms with van der Waals surface area (Å²) >= 11 is 0. The molecular weight excluding hydrogens is 242 g/mol. The summed E-state index contributed by atoms with van der Waals surface area (Å²) in [7, 11) is 2.03. The fourth-order valence-electron chi connectivity index (χ4n) is 2.73. The van der Waals surface area contributed by atoms with Crippen molar-refractivity contribution in [3.05, 3.63) is 11.7 Å². The molecule has 0 bridgehead atoms. The van der Waals surface area contributed by atoms with Crippen molar-refractivity contribution in [2.75, 3.05) is 7.05 Å². The Labute approximate surface area is 115 Å². The van der Waals surface area contributed by atoms with Crippen LogP contribution in [0.1, 0.15) is 51.2 Å². The van der Waals surface area contributed by atoms with Crippen molar-refractivity contribution in [2.24, 2.45) is 5.92 Å². The molecule has 0 amide bonds. The van der Waals surface area contributed by atoms with Gasteiger partial charge in [0.2, 0.25) is 5.89 Å². The van der Waals surface area contributed by atoms with Crippen LogP contribution >= 0.6 is 0 Å². The van der Waals surface area contributed by atoms with Crippen LogP contribution in [0.3, 0.4) is 0 Å². The van der Waals surface area contributed by atoms with Gasteiger partial charge in [-0.2, -0.15) is 4.98 Å². The summed E-state index contributed by atoms with van der Waals surface area (Å²) in [5.41, 5.74) is 0. The largest absolute Gasteiger partial charge is 0.391 e. The smallest absolute Gasteiger partial charge is 0.226 e. The Bertz CT molecular complexity index is 392. The topological polar surface area (TPSA) is 62.4 Å². The average molecular weight is 267 g/mol. The van der Waals surface area contributed by atoms with E-state index in [1.165, 1.54) is 6.42 Å². The number of aliphatic hydroxyl groups is 1. The number of aromatic nitrogens is 2. The molecule has 0 spiro atoms. The molecule has 2 rings (SSSR count). The lowest BCUT2D eigenvalue weighted by Gasteiger charge is -2.34. The molecule has 5 heteroatoms. The maximum Gasteiger partial charge on any atom is 0.226 e. The van der Waals surface area contributed by atoms with Crippen LogP contribution < -0.4 is 0 Å². The number of likely N-dealkylation sites (N-methyl/N-ethyl adjacent to an activating group) is 1. The molecule has 1 aliphatic carbocycles. The van der Waals surface area contributed by atoms with Crippen molar-refractivity contribution in [2.45, 2.75) is 64.6 Å². The van der Waals surface area contributed by atoms with E-state index < -0.39 is 0 Å². The van der Waals surface area contributed by atoms with Crippen LogP contribution in [0, 0.1) is 5.92 Å². The maximum atomic E-state index is 10.0. The van der Waals surface area contributed by atoms with Crippen molar-refractivity contribution in [3.63, 3.8) is 0 Å². The molecule has 19 heavy (non-hydrogen) atoms. The molecule has 2 unspecified atom stereocenters. The zero-order valence-electron chi connectivity index (χ0n) is 12.2. The number of rotatable bonds is 5. The highest BCUT2D eigenvalue weighted by atomic mass is 16.5. The summed E-state index contributed by atoms with van der Waals surface area (Å²) < 4.78 is 5.24. The zero-order valence-corrected chi connectivity index (χ0v) is 12.2. The summed E-state index contributed by atoms with van der Waals surface area (Å²) in [6, 6.07) is 0.223. The molecule has 1 heterocycles. The first-order valence-corrected chi connectivity index (χ1v) is 7.26. The standard InChI is InChI=1S/C14H25N3O2/c1-10(2)8-14-15-13(16-19-14)9-17(3)11-6-4-5-7-12(11)18/h10-12,18H,4-9H2,1-3H3. The molecule has 108 valence electrons. The predicted molar refractivity (Wildman–Crippen MR) is 72.6 cm³/mol. The van der Waals surface area contributed by atoms with Crippen LogP contribution in [0.15, 0.2) is 4.52 Å². The molecule has 2 atom stereocenters. The predicted octanol–water partition coefficient (Wildman–Crippen LogP) is 2.00. The van der Waals surface area contributed by atoms with Gasteiger partial charge in [0.1, 0.15) is 0 Å². The molecule has 0 radical (unpaired) electrons. The van der Waals surface area contributed by atoms with Crippen LogP contribution in [0.2, 0.25) is 0 Å². The second kappa shape index (κ2) is 6.48. The van der Waals surface area contributed by atoms with Crippen LogP contribution in [-0.2, 0) is 13.0 Å². The van der Waals surface area contributed by atoms with Crippen molar-refractivity contribution in [3.8, 4) is 0 Å². The minimum Gasteiger partial charge on any atom is -0.391 e. The van der Waals surface area contributed by atoms with Gasteiger partial charge in [0, 0.05) is 12.5 Å². The van der Waals surface area contributed by atoms with Crippen LogP contribution in [-0.4, -0.2) is 39.3 Å². The van der Waals surface area contributed by atoms with Gasteiger partial charge >= 0.3 is 0 Å². The Balaban J connectivity index is 1.90. The second-order valence-corrected chi connectivity index (χ2v) is 6.04. The van der Waals surface area contributed by atoms with E-state index in [4.69, 9.17) is 4.52 Å². The van der Waals surface area contributed by atoms with E-state index in [-0.39, 0.29) is 12.1 Å². The first kappa shape index (κ1) is 14.5. The number of hydrogen-bond donors (Lipinski definition) is 1. The number of hydrogen-bond acceptors (Lipinski definition) is 5. The van der Waals surface area contributed by atoms with Crippen molar-refractivity contribution in [1.82, 2.24) is 15.0 Å². The third-order valence-corrected chi connectivity index (χ3v) is 3.74. The fourth-order valence-corrected chi connectivity index (χ4v) is 2.73. The lowest BCUT2D eigenvalue weighted by atomic mass is 9.91. The molecule has 1 N–H and O–H groups in total. The van der Waals surface area contributed by atoms with Crippen molar-refractivity contribution >= 4 is 0 Å². The monoisotopic (exact) mass is 267 g/mol. The van der Waals surface area contributed by atoms with Gasteiger partial charge in [-0.25, -0.2) is 0 Å². The molecule has 0 aliphatic heterocycles. The molecule has 1 aromatic heterocycles. The Morgan fingerprint density at radius 2 is 2.11 bits per heavy atom. The van der Waals surface area contributed by atoms with Crippen molar-refractivity contribution in [1.29, 1.82) is 0 Å². The second-order valence-electron chi connectivity index (χ2n) is 6.04. The normalized spacial score (nSPS) is 24.3. The van der Waals surface area contributed by atoms with Gasteiger partial charge in [0.05, 0.1) is 12.6 Å². The molecule has 0 aromatic carbocycles. The first-order valence-electron chi connectivity index (χ1n) is 7.26. The maximum absolute atomic E-state index is 10.0. The average Bonchev–Trinajstić information content (AvgIpc) is 2.76. The third-order valence-electron chi connectivity index (χ3n) is 3.74. The number of nitrogens with zero attached hydrogens (tertiary/aromatic N) is 3. The van der Waals surface area contributed by atoms with Gasteiger partial charge < -0.3 is 9.63 Å². The first-order chi connectivity index (χ1) is 9.06. The van der Waals surface area contributed by atoms with Gasteiger partial charge in [0.15, 0.2) is 5.82 Å². The van der Waals surface area contributed by atoms with E-state index in [0.717, 1.165) is 31.5 Å². The summed E-state index contributed by atoms with van der Waals surface area (Å²) in [6.45, 7) is 4.91. The molecule has 1 aliphatic rings. The lowest BCUT2D eigenvalue weighted by Crippen LogP contribution is -2.43. The van der Waals surface area contributed by atoms with Crippen LogP contribution in [0.5, 0.6) is 0 Å². The summed E-state index contributed by atoms with van der Waals surface area (Å²) in [5.74, 6) is 1.95. The molecule has 1 aromatic rings. The molecule has 5 nitrogen and oxygen atoms in total. The van der Waals surface area contributed by atoms with E-state index in [0.29, 0.717) is 18.4 Å². The molecular formula is C14H25N3O2. The summed E-state index contributed by atoms with van der Waals surface area (Å²) in [6.07, 6.45) is 4.88. The Kier molecular flexibility index (Phi) is 4.93. The minimum atomic E-state index is -0.221. The quantitative estimate of drug-likeness (QED) is 0.884. The van der Waals surface area contributed by atoms with Gasteiger partial charge in [0.25, 0.3) is 0 Å². The van der Waals surface area contributed by atoms with E-state index in [1.807, 2.05) is 7.05 Å². The van der Waals surface area contributed by atoms with Gasteiger partial charge in [-0.3, -0.25) is 4.90 Å². The van der Waals surface area contributed by atoms with E-state index in [2.05, 4.69) is 28.9 Å². The van der Waals surface area contributed by atoms with Gasteiger partial charge in [-0.15, -0.1) is 0 Å². The highest BCUT2D eigenvalue weighted by molar-refractivity contribution is 4.90. The van der Waals surface area contributed by atoms with Crippen LogP contribution in [0.25, 0.3) is 0 Å². The highest BCUT2D eigenvalue weighted by Crippen LogP contribution is 2.23. The minimum absolute atomic E-state index is 0.221. The summed E-state index contributed by atoms with van der Waals surface area (Å²) in [4.78, 5) is 6.56.